The van der Waals surface area contributed by atoms with Gasteiger partial charge in [0.05, 0.1) is 11.3 Å². The summed E-state index contributed by atoms with van der Waals surface area (Å²) in [5.74, 6) is 1.59. The van der Waals surface area contributed by atoms with Crippen LogP contribution in [0.15, 0.2) is 73.1 Å². The molecule has 166 valence electrons. The maximum Gasteiger partial charge on any atom is 0.323 e. The van der Waals surface area contributed by atoms with Crippen LogP contribution in [0, 0.1) is 13.8 Å². The number of urea groups is 1. The molecule has 2 aromatic heterocycles. The quantitative estimate of drug-likeness (QED) is 0.359. The highest BCUT2D eigenvalue weighted by Crippen LogP contribution is 2.34. The van der Waals surface area contributed by atoms with Gasteiger partial charge in [0.2, 0.25) is 11.8 Å². The average Bonchev–Trinajstić information content (AvgIpc) is 2.85. The molecule has 2 heterocycles. The minimum absolute atomic E-state index is 0.312. The molecule has 0 fully saturated rings. The molecule has 0 spiro atoms. The Balaban J connectivity index is 1.55. The number of rotatable bonds is 6. The summed E-state index contributed by atoms with van der Waals surface area (Å²) in [5.41, 5.74) is 4.65. The van der Waals surface area contributed by atoms with Gasteiger partial charge in [0, 0.05) is 30.8 Å². The van der Waals surface area contributed by atoms with E-state index in [2.05, 4.69) is 30.9 Å². The van der Waals surface area contributed by atoms with Crippen molar-refractivity contribution in [3.05, 3.63) is 84.2 Å². The second kappa shape index (κ2) is 9.78. The van der Waals surface area contributed by atoms with Crippen LogP contribution < -0.4 is 20.7 Å². The third-order valence-electron chi connectivity index (χ3n) is 5.15. The summed E-state index contributed by atoms with van der Waals surface area (Å²) in [4.78, 5) is 25.5. The van der Waals surface area contributed by atoms with Crippen molar-refractivity contribution in [2.45, 2.75) is 13.8 Å². The van der Waals surface area contributed by atoms with Crippen molar-refractivity contribution in [3.63, 3.8) is 0 Å². The van der Waals surface area contributed by atoms with Crippen molar-refractivity contribution < 1.29 is 9.53 Å². The van der Waals surface area contributed by atoms with Gasteiger partial charge in [-0.25, -0.2) is 19.7 Å². The van der Waals surface area contributed by atoms with Crippen molar-refractivity contribution in [1.82, 2.24) is 15.0 Å². The first kappa shape index (κ1) is 21.8. The van der Waals surface area contributed by atoms with E-state index in [1.807, 2.05) is 68.4 Å². The fraction of sp³-hybridized carbons (Fsp3) is 0.120. The van der Waals surface area contributed by atoms with Gasteiger partial charge in [0.25, 0.3) is 0 Å². The molecule has 0 aliphatic rings. The Hall–Kier alpha value is -4.46. The number of carbonyl (C=O) groups is 1. The summed E-state index contributed by atoms with van der Waals surface area (Å²) in [6.07, 6.45) is 3.35. The van der Waals surface area contributed by atoms with E-state index < -0.39 is 0 Å². The Kier molecular flexibility index (Phi) is 6.45. The van der Waals surface area contributed by atoms with Crippen LogP contribution in [0.5, 0.6) is 11.6 Å². The van der Waals surface area contributed by atoms with E-state index in [1.165, 1.54) is 0 Å². The smallest absolute Gasteiger partial charge is 0.323 e. The van der Waals surface area contributed by atoms with Gasteiger partial charge in [-0.05, 0) is 67.4 Å². The van der Waals surface area contributed by atoms with Crippen LogP contribution in [0.25, 0.3) is 11.3 Å². The Morgan fingerprint density at radius 1 is 0.848 bits per heavy atom. The molecule has 0 saturated heterocycles. The van der Waals surface area contributed by atoms with E-state index in [9.17, 15) is 4.79 Å². The second-order valence-corrected chi connectivity index (χ2v) is 7.28. The average molecular weight is 441 g/mol. The summed E-state index contributed by atoms with van der Waals surface area (Å²) in [6, 6.07) is 18.1. The molecule has 4 aromatic rings. The fourth-order valence-electron chi connectivity index (χ4n) is 3.25. The van der Waals surface area contributed by atoms with Crippen LogP contribution in [0.4, 0.5) is 22.1 Å². The number of ether oxygens (including phenoxy) is 1. The highest BCUT2D eigenvalue weighted by Gasteiger charge is 2.15. The van der Waals surface area contributed by atoms with E-state index in [1.54, 1.807) is 25.5 Å². The lowest BCUT2D eigenvalue weighted by atomic mass is 10.1. The largest absolute Gasteiger partial charge is 0.438 e. The number of carbonyl (C=O) groups excluding carboxylic acids is 1. The van der Waals surface area contributed by atoms with Gasteiger partial charge in [-0.2, -0.15) is 0 Å². The number of hydrogen-bond donors (Lipinski definition) is 3. The van der Waals surface area contributed by atoms with E-state index in [4.69, 9.17) is 4.74 Å². The van der Waals surface area contributed by atoms with Crippen molar-refractivity contribution in [1.29, 1.82) is 0 Å². The molecule has 0 unspecified atom stereocenters. The topological polar surface area (TPSA) is 101 Å². The van der Waals surface area contributed by atoms with Gasteiger partial charge < -0.3 is 20.7 Å². The van der Waals surface area contributed by atoms with Crippen molar-refractivity contribution in [2.75, 3.05) is 23.0 Å². The van der Waals surface area contributed by atoms with Gasteiger partial charge >= 0.3 is 6.03 Å². The van der Waals surface area contributed by atoms with Gasteiger partial charge in [0.15, 0.2) is 0 Å². The molecule has 3 N–H and O–H groups in total. The van der Waals surface area contributed by atoms with Crippen LogP contribution in [0.2, 0.25) is 0 Å². The van der Waals surface area contributed by atoms with Crippen LogP contribution in [-0.2, 0) is 0 Å². The van der Waals surface area contributed by atoms with E-state index in [0.29, 0.717) is 29.0 Å². The number of aromatic nitrogens is 3. The summed E-state index contributed by atoms with van der Waals surface area (Å²) < 4.78 is 6.18. The molecule has 4 rings (SSSR count). The zero-order valence-corrected chi connectivity index (χ0v) is 18.6. The molecule has 8 nitrogen and oxygen atoms in total. The van der Waals surface area contributed by atoms with E-state index >= 15 is 0 Å². The molecule has 0 saturated carbocycles. The molecule has 0 atom stereocenters. The summed E-state index contributed by atoms with van der Waals surface area (Å²) in [7, 11) is 1.77. The molecule has 0 radical (unpaired) electrons. The number of hydrogen-bond acceptors (Lipinski definition) is 6. The van der Waals surface area contributed by atoms with Gasteiger partial charge in [-0.1, -0.05) is 18.2 Å². The number of nitrogens with one attached hydrogen (secondary N) is 3. The number of benzene rings is 2. The fourth-order valence-corrected chi connectivity index (χ4v) is 3.25. The van der Waals surface area contributed by atoms with Crippen LogP contribution >= 0.6 is 0 Å². The number of nitrogens with zero attached hydrogens (tertiary/aromatic N) is 3. The number of pyridine rings is 1. The number of amides is 2. The first-order valence-electron chi connectivity index (χ1n) is 10.4. The zero-order valence-electron chi connectivity index (χ0n) is 18.6. The monoisotopic (exact) mass is 440 g/mol. The molecule has 2 amide bonds. The third-order valence-corrected chi connectivity index (χ3v) is 5.15. The highest BCUT2D eigenvalue weighted by molar-refractivity contribution is 6.00. The number of anilines is 3. The summed E-state index contributed by atoms with van der Waals surface area (Å²) in [5, 5.41) is 8.65. The molecule has 8 heteroatoms. The Morgan fingerprint density at radius 3 is 2.45 bits per heavy atom. The predicted molar refractivity (Wildman–Crippen MR) is 130 cm³/mol. The lowest BCUT2D eigenvalue weighted by Gasteiger charge is -2.16. The summed E-state index contributed by atoms with van der Waals surface area (Å²) in [6.45, 7) is 3.88. The Morgan fingerprint density at radius 2 is 1.67 bits per heavy atom. The van der Waals surface area contributed by atoms with Crippen LogP contribution in [0.3, 0.4) is 0 Å². The molecule has 0 aliphatic carbocycles. The SMILES string of the molecule is CNc1nccc(-c2cccnc2Oc2ccc(NC(=O)Nc3ccccc3)c(C)c2C)n1. The minimum atomic E-state index is -0.312. The van der Waals surface area contributed by atoms with Crippen molar-refractivity contribution in [2.24, 2.45) is 0 Å². The standard InChI is InChI=1S/C25H24N6O2/c1-16-17(2)22(12-11-20(16)31-25(32)29-18-8-5-4-6-9-18)33-23-19(10-7-14-27-23)21-13-15-28-24(26-3)30-21/h4-15H,1-3H3,(H,26,28,30)(H2,29,31,32). The summed E-state index contributed by atoms with van der Waals surface area (Å²) >= 11 is 0. The highest BCUT2D eigenvalue weighted by atomic mass is 16.5. The van der Waals surface area contributed by atoms with Gasteiger partial charge in [-0.3, -0.25) is 0 Å². The van der Waals surface area contributed by atoms with Crippen LogP contribution in [-0.4, -0.2) is 28.0 Å². The lowest BCUT2D eigenvalue weighted by molar-refractivity contribution is 0.262. The predicted octanol–water partition coefficient (Wildman–Crippen LogP) is 5.63. The Bertz CT molecular complexity index is 1280. The van der Waals surface area contributed by atoms with Crippen molar-refractivity contribution in [3.8, 4) is 22.9 Å². The maximum atomic E-state index is 12.4. The number of para-hydroxylation sites is 1. The maximum absolute atomic E-state index is 12.4. The van der Waals surface area contributed by atoms with E-state index in [0.717, 1.165) is 22.4 Å². The van der Waals surface area contributed by atoms with Gasteiger partial charge in [0.1, 0.15) is 5.75 Å². The zero-order chi connectivity index (χ0) is 23.2. The minimum Gasteiger partial charge on any atom is -0.438 e. The van der Waals surface area contributed by atoms with Crippen LogP contribution in [0.1, 0.15) is 11.1 Å². The first-order valence-corrected chi connectivity index (χ1v) is 10.4. The molecular formula is C25H24N6O2. The molecule has 33 heavy (non-hydrogen) atoms. The van der Waals surface area contributed by atoms with Crippen molar-refractivity contribution >= 4 is 23.4 Å². The molecule has 0 bridgehead atoms. The second-order valence-electron chi connectivity index (χ2n) is 7.28. The molecular weight excluding hydrogens is 416 g/mol. The molecule has 0 aliphatic heterocycles. The first-order chi connectivity index (χ1) is 16.0. The molecule has 2 aromatic carbocycles. The normalized spacial score (nSPS) is 10.4. The third kappa shape index (κ3) is 5.07. The Labute approximate surface area is 192 Å². The van der Waals surface area contributed by atoms with Gasteiger partial charge in [-0.15, -0.1) is 0 Å². The lowest BCUT2D eigenvalue weighted by Crippen LogP contribution is -2.20. The van der Waals surface area contributed by atoms with E-state index in [-0.39, 0.29) is 6.03 Å².